The fourth-order valence-electron chi connectivity index (χ4n) is 3.57. The summed E-state index contributed by atoms with van der Waals surface area (Å²) in [5.41, 5.74) is 1.94. The number of thioether (sulfide) groups is 1. The standard InChI is InChI=1S/C23H28N2O3S2/c1-24(18-20-8-10-22(29-2)11-9-20)23(26)21-12-15-25(16-13-21)30(27,28)17-14-19-6-4-3-5-7-19/h3-11,14,17,21H,12-13,15-16,18H2,1-2H3. The smallest absolute Gasteiger partial charge is 0.236 e. The molecule has 0 spiro atoms. The van der Waals surface area contributed by atoms with Crippen molar-refractivity contribution in [2.45, 2.75) is 24.3 Å². The molecule has 0 N–H and O–H groups in total. The monoisotopic (exact) mass is 444 g/mol. The second-order valence-electron chi connectivity index (χ2n) is 7.47. The van der Waals surface area contributed by atoms with E-state index < -0.39 is 10.0 Å². The Morgan fingerprint density at radius 2 is 1.73 bits per heavy atom. The Labute approximate surface area is 183 Å². The van der Waals surface area contributed by atoms with E-state index >= 15 is 0 Å². The number of benzene rings is 2. The number of rotatable bonds is 7. The van der Waals surface area contributed by atoms with Crippen molar-refractivity contribution in [3.8, 4) is 0 Å². The summed E-state index contributed by atoms with van der Waals surface area (Å²) in [5, 5.41) is 1.26. The second-order valence-corrected chi connectivity index (χ2v) is 10.2. The normalized spacial score (nSPS) is 16.1. The Kier molecular flexibility index (Phi) is 7.75. The van der Waals surface area contributed by atoms with Gasteiger partial charge < -0.3 is 4.90 Å². The molecular weight excluding hydrogens is 416 g/mol. The van der Waals surface area contributed by atoms with E-state index in [0.29, 0.717) is 32.5 Å². The van der Waals surface area contributed by atoms with Gasteiger partial charge in [-0.25, -0.2) is 8.42 Å². The molecule has 2 aromatic carbocycles. The van der Waals surface area contributed by atoms with E-state index in [1.54, 1.807) is 22.7 Å². The molecule has 0 saturated carbocycles. The minimum atomic E-state index is -3.48. The van der Waals surface area contributed by atoms with E-state index in [9.17, 15) is 13.2 Å². The summed E-state index contributed by atoms with van der Waals surface area (Å²) in [6.07, 6.45) is 4.75. The van der Waals surface area contributed by atoms with Crippen LogP contribution in [0.5, 0.6) is 0 Å². The van der Waals surface area contributed by atoms with Crippen LogP contribution in [-0.4, -0.2) is 49.9 Å². The van der Waals surface area contributed by atoms with Crippen molar-refractivity contribution < 1.29 is 13.2 Å². The third kappa shape index (κ3) is 5.97. The van der Waals surface area contributed by atoms with Crippen LogP contribution in [0.25, 0.3) is 6.08 Å². The first-order valence-corrected chi connectivity index (χ1v) is 12.7. The summed E-state index contributed by atoms with van der Waals surface area (Å²) in [7, 11) is -1.66. The van der Waals surface area contributed by atoms with E-state index in [-0.39, 0.29) is 11.8 Å². The van der Waals surface area contributed by atoms with Crippen LogP contribution in [0.4, 0.5) is 0 Å². The Balaban J connectivity index is 1.53. The number of carbonyl (C=O) groups excluding carboxylic acids is 1. The van der Waals surface area contributed by atoms with E-state index in [1.165, 1.54) is 14.6 Å². The molecule has 1 aliphatic rings. The molecule has 1 heterocycles. The van der Waals surface area contributed by atoms with Gasteiger partial charge in [-0.15, -0.1) is 11.8 Å². The maximum atomic E-state index is 12.8. The Bertz CT molecular complexity index is 965. The zero-order valence-corrected chi connectivity index (χ0v) is 19.0. The lowest BCUT2D eigenvalue weighted by molar-refractivity contribution is -0.135. The average molecular weight is 445 g/mol. The number of nitrogens with zero attached hydrogens (tertiary/aromatic N) is 2. The minimum Gasteiger partial charge on any atom is -0.341 e. The van der Waals surface area contributed by atoms with Crippen LogP contribution in [0.2, 0.25) is 0 Å². The molecule has 0 aromatic heterocycles. The number of hydrogen-bond donors (Lipinski definition) is 0. The van der Waals surface area contributed by atoms with Crippen LogP contribution in [0, 0.1) is 5.92 Å². The van der Waals surface area contributed by atoms with Gasteiger partial charge in [0.05, 0.1) is 0 Å². The maximum Gasteiger partial charge on any atom is 0.236 e. The third-order valence-corrected chi connectivity index (χ3v) is 7.66. The summed E-state index contributed by atoms with van der Waals surface area (Å²) in [4.78, 5) is 15.8. The lowest BCUT2D eigenvalue weighted by Crippen LogP contribution is -2.42. The van der Waals surface area contributed by atoms with Crippen molar-refractivity contribution in [3.63, 3.8) is 0 Å². The summed E-state index contributed by atoms with van der Waals surface area (Å²) in [6, 6.07) is 17.6. The first-order valence-electron chi connectivity index (χ1n) is 10.0. The Hall–Kier alpha value is -2.09. The molecule has 2 aromatic rings. The van der Waals surface area contributed by atoms with Crippen molar-refractivity contribution in [3.05, 3.63) is 71.1 Å². The van der Waals surface area contributed by atoms with Crippen LogP contribution in [0.3, 0.4) is 0 Å². The average Bonchev–Trinajstić information content (AvgIpc) is 2.78. The van der Waals surface area contributed by atoms with Crippen molar-refractivity contribution in [1.29, 1.82) is 0 Å². The van der Waals surface area contributed by atoms with E-state index in [0.717, 1.165) is 11.1 Å². The first kappa shape index (κ1) is 22.6. The second kappa shape index (κ2) is 10.3. The van der Waals surface area contributed by atoms with Crippen LogP contribution in [0.15, 0.2) is 64.9 Å². The summed E-state index contributed by atoms with van der Waals surface area (Å²) >= 11 is 1.69. The lowest BCUT2D eigenvalue weighted by Gasteiger charge is -2.32. The molecule has 1 fully saturated rings. The maximum absolute atomic E-state index is 12.8. The number of amides is 1. The highest BCUT2D eigenvalue weighted by Crippen LogP contribution is 2.23. The van der Waals surface area contributed by atoms with Gasteiger partial charge in [0.1, 0.15) is 0 Å². The van der Waals surface area contributed by atoms with Gasteiger partial charge in [0.15, 0.2) is 0 Å². The molecule has 5 nitrogen and oxygen atoms in total. The third-order valence-electron chi connectivity index (χ3n) is 5.35. The molecule has 1 saturated heterocycles. The van der Waals surface area contributed by atoms with E-state index in [1.807, 2.05) is 55.8 Å². The van der Waals surface area contributed by atoms with Crippen molar-refractivity contribution in [2.24, 2.45) is 5.92 Å². The molecular formula is C23H28N2O3S2. The molecule has 0 radical (unpaired) electrons. The largest absolute Gasteiger partial charge is 0.341 e. The van der Waals surface area contributed by atoms with Gasteiger partial charge in [-0.05, 0) is 48.4 Å². The molecule has 0 bridgehead atoms. The van der Waals surface area contributed by atoms with E-state index in [4.69, 9.17) is 0 Å². The zero-order chi connectivity index (χ0) is 21.6. The van der Waals surface area contributed by atoms with E-state index in [2.05, 4.69) is 12.1 Å². The molecule has 7 heteroatoms. The summed E-state index contributed by atoms with van der Waals surface area (Å²) in [6.45, 7) is 1.30. The van der Waals surface area contributed by atoms with Crippen molar-refractivity contribution >= 4 is 33.8 Å². The van der Waals surface area contributed by atoms with Crippen LogP contribution >= 0.6 is 11.8 Å². The molecule has 0 atom stereocenters. The Morgan fingerprint density at radius 1 is 1.10 bits per heavy atom. The Morgan fingerprint density at radius 3 is 2.33 bits per heavy atom. The van der Waals surface area contributed by atoms with Gasteiger partial charge in [-0.1, -0.05) is 42.5 Å². The fraction of sp³-hybridized carbons (Fsp3) is 0.348. The number of piperidine rings is 1. The van der Waals surface area contributed by atoms with Gasteiger partial charge in [-0.3, -0.25) is 4.79 Å². The molecule has 160 valence electrons. The summed E-state index contributed by atoms with van der Waals surface area (Å²) < 4.78 is 26.7. The molecule has 3 rings (SSSR count). The van der Waals surface area contributed by atoms with Gasteiger partial charge in [-0.2, -0.15) is 4.31 Å². The van der Waals surface area contributed by atoms with Crippen LogP contribution in [0.1, 0.15) is 24.0 Å². The molecule has 30 heavy (non-hydrogen) atoms. The zero-order valence-electron chi connectivity index (χ0n) is 17.4. The molecule has 1 amide bonds. The van der Waals surface area contributed by atoms with Crippen LogP contribution in [-0.2, 0) is 21.4 Å². The first-order chi connectivity index (χ1) is 14.4. The number of hydrogen-bond acceptors (Lipinski definition) is 4. The van der Waals surface area contributed by atoms with Gasteiger partial charge in [0.2, 0.25) is 15.9 Å². The van der Waals surface area contributed by atoms with Crippen LogP contribution < -0.4 is 0 Å². The minimum absolute atomic E-state index is 0.0841. The highest BCUT2D eigenvalue weighted by Gasteiger charge is 2.31. The summed E-state index contributed by atoms with van der Waals surface area (Å²) in [5.74, 6) is -0.0501. The quantitative estimate of drug-likeness (QED) is 0.604. The van der Waals surface area contributed by atoms with Gasteiger partial charge >= 0.3 is 0 Å². The lowest BCUT2D eigenvalue weighted by atomic mass is 9.96. The predicted molar refractivity (Wildman–Crippen MR) is 123 cm³/mol. The van der Waals surface area contributed by atoms with Crippen molar-refractivity contribution in [2.75, 3.05) is 26.4 Å². The SMILES string of the molecule is CSc1ccc(CN(C)C(=O)C2CCN(S(=O)(=O)C=Cc3ccccc3)CC2)cc1. The molecule has 1 aliphatic heterocycles. The number of sulfonamides is 1. The van der Waals surface area contributed by atoms with Gasteiger partial charge in [0, 0.05) is 42.9 Å². The highest BCUT2D eigenvalue weighted by atomic mass is 32.2. The molecule has 0 aliphatic carbocycles. The highest BCUT2D eigenvalue weighted by molar-refractivity contribution is 7.98. The van der Waals surface area contributed by atoms with Gasteiger partial charge in [0.25, 0.3) is 0 Å². The van der Waals surface area contributed by atoms with Crippen molar-refractivity contribution in [1.82, 2.24) is 9.21 Å². The molecule has 0 unspecified atom stereocenters. The number of carbonyl (C=O) groups is 1. The predicted octanol–water partition coefficient (Wildman–Crippen LogP) is 4.08. The topological polar surface area (TPSA) is 57.7 Å². The fourth-order valence-corrected chi connectivity index (χ4v) is 5.20.